The van der Waals surface area contributed by atoms with Crippen LogP contribution in [0, 0.1) is 0 Å². The summed E-state index contributed by atoms with van der Waals surface area (Å²) in [6.07, 6.45) is -5.50. The lowest BCUT2D eigenvalue weighted by Gasteiger charge is -2.17. The number of benzene rings is 2. The first-order valence-corrected chi connectivity index (χ1v) is 11.8. The second-order valence-electron chi connectivity index (χ2n) is 8.89. The molecule has 0 aliphatic rings. The summed E-state index contributed by atoms with van der Waals surface area (Å²) in [5, 5.41) is 9.56. The van der Waals surface area contributed by atoms with Crippen LogP contribution in [-0.4, -0.2) is 20.7 Å². The molecule has 0 aliphatic heterocycles. The highest BCUT2D eigenvalue weighted by molar-refractivity contribution is 5.94. The first-order chi connectivity index (χ1) is 18.8. The van der Waals surface area contributed by atoms with E-state index >= 15 is 0 Å². The predicted molar refractivity (Wildman–Crippen MR) is 134 cm³/mol. The molecule has 4 rings (SSSR count). The van der Waals surface area contributed by atoms with Crippen LogP contribution < -0.4 is 15.4 Å². The SMILES string of the molecule is CC(Oc1ccnc(Nc2cnn(C)c2)c1)c1cccc(C(=O)NCc2cc(C(F)(F)F)cc(C(F)(F)F)c2)c1. The van der Waals surface area contributed by atoms with Gasteiger partial charge in [-0.15, -0.1) is 0 Å². The van der Waals surface area contributed by atoms with Gasteiger partial charge in [0.1, 0.15) is 17.7 Å². The van der Waals surface area contributed by atoms with Gasteiger partial charge >= 0.3 is 12.4 Å². The Hall–Kier alpha value is -4.55. The third kappa shape index (κ3) is 7.30. The molecule has 2 N–H and O–H groups in total. The Kier molecular flexibility index (Phi) is 8.03. The van der Waals surface area contributed by atoms with Crippen molar-refractivity contribution in [2.75, 3.05) is 5.32 Å². The highest BCUT2D eigenvalue weighted by Crippen LogP contribution is 2.36. The molecule has 0 saturated carbocycles. The van der Waals surface area contributed by atoms with Crippen LogP contribution in [0.1, 0.15) is 45.6 Å². The first-order valence-electron chi connectivity index (χ1n) is 11.8. The second-order valence-corrected chi connectivity index (χ2v) is 8.89. The fourth-order valence-electron chi connectivity index (χ4n) is 3.80. The standard InChI is InChI=1S/C27H23F6N5O2/c1-16(40-23-6-7-34-24(12-23)37-22-14-36-38(2)15-22)18-4-3-5-19(10-18)25(39)35-13-17-8-20(26(28,29)30)11-21(9-17)27(31,32)33/h3-12,14-16H,13H2,1-2H3,(H,34,37)(H,35,39). The van der Waals surface area contributed by atoms with Gasteiger partial charge in [-0.25, -0.2) is 4.98 Å². The number of nitrogens with one attached hydrogen (secondary N) is 2. The summed E-state index contributed by atoms with van der Waals surface area (Å²) in [7, 11) is 1.78. The van der Waals surface area contributed by atoms with E-state index < -0.39 is 42.0 Å². The van der Waals surface area contributed by atoms with Crippen LogP contribution in [-0.2, 0) is 25.9 Å². The number of aromatic nitrogens is 3. The Morgan fingerprint density at radius 3 is 2.33 bits per heavy atom. The molecule has 0 fully saturated rings. The maximum atomic E-state index is 13.1. The molecule has 2 aromatic heterocycles. The van der Waals surface area contributed by atoms with E-state index in [1.54, 1.807) is 61.5 Å². The molecule has 0 bridgehead atoms. The van der Waals surface area contributed by atoms with Crippen molar-refractivity contribution in [3.8, 4) is 5.75 Å². The lowest BCUT2D eigenvalue weighted by atomic mass is 10.0. The highest BCUT2D eigenvalue weighted by atomic mass is 19.4. The van der Waals surface area contributed by atoms with Crippen molar-refractivity contribution >= 4 is 17.4 Å². The Bertz CT molecular complexity index is 1470. The van der Waals surface area contributed by atoms with Gasteiger partial charge in [0.25, 0.3) is 5.91 Å². The van der Waals surface area contributed by atoms with E-state index in [9.17, 15) is 31.1 Å². The van der Waals surface area contributed by atoms with Crippen LogP contribution in [0.15, 0.2) is 73.2 Å². The Balaban J connectivity index is 1.43. The molecule has 0 radical (unpaired) electrons. The number of carbonyl (C=O) groups is 1. The average molecular weight is 564 g/mol. The van der Waals surface area contributed by atoms with E-state index in [0.717, 1.165) is 5.69 Å². The predicted octanol–water partition coefficient (Wildman–Crippen LogP) is 6.67. The van der Waals surface area contributed by atoms with Gasteiger partial charge in [-0.1, -0.05) is 12.1 Å². The quantitative estimate of drug-likeness (QED) is 0.234. The lowest BCUT2D eigenvalue weighted by Crippen LogP contribution is -2.24. The number of pyridine rings is 1. The number of rotatable bonds is 8. The Morgan fingerprint density at radius 1 is 1.00 bits per heavy atom. The van der Waals surface area contributed by atoms with Crippen molar-refractivity contribution in [3.63, 3.8) is 0 Å². The van der Waals surface area contributed by atoms with Crippen LogP contribution in [0.3, 0.4) is 0 Å². The van der Waals surface area contributed by atoms with Gasteiger partial charge in [0.15, 0.2) is 0 Å². The normalized spacial score (nSPS) is 12.6. The Labute approximate surface area is 224 Å². The van der Waals surface area contributed by atoms with Crippen LogP contribution in [0.4, 0.5) is 37.8 Å². The fraction of sp³-hybridized carbons (Fsp3) is 0.222. The van der Waals surface area contributed by atoms with Crippen molar-refractivity contribution in [2.24, 2.45) is 7.05 Å². The molecule has 2 aromatic carbocycles. The third-order valence-corrected chi connectivity index (χ3v) is 5.74. The minimum absolute atomic E-state index is 0.0386. The summed E-state index contributed by atoms with van der Waals surface area (Å²) in [4.78, 5) is 17.0. The summed E-state index contributed by atoms with van der Waals surface area (Å²) in [5.41, 5.74) is -1.73. The molecular weight excluding hydrogens is 540 g/mol. The zero-order valence-electron chi connectivity index (χ0n) is 21.1. The smallest absolute Gasteiger partial charge is 0.416 e. The van der Waals surface area contributed by atoms with Gasteiger partial charge in [0.05, 0.1) is 23.0 Å². The van der Waals surface area contributed by atoms with Crippen LogP contribution in [0.25, 0.3) is 0 Å². The van der Waals surface area contributed by atoms with Crippen molar-refractivity contribution in [2.45, 2.75) is 31.9 Å². The topological polar surface area (TPSA) is 81.1 Å². The number of nitrogens with zero attached hydrogens (tertiary/aromatic N) is 3. The van der Waals surface area contributed by atoms with Crippen LogP contribution in [0.2, 0.25) is 0 Å². The molecule has 2 heterocycles. The first kappa shape index (κ1) is 28.5. The van der Waals surface area contributed by atoms with Gasteiger partial charge < -0.3 is 15.4 Å². The molecule has 1 atom stereocenters. The van der Waals surface area contributed by atoms with Crippen molar-refractivity contribution in [3.05, 3.63) is 101 Å². The summed E-state index contributed by atoms with van der Waals surface area (Å²) >= 11 is 0. The number of amides is 1. The third-order valence-electron chi connectivity index (χ3n) is 5.74. The summed E-state index contributed by atoms with van der Waals surface area (Å²) in [6.45, 7) is 1.22. The monoisotopic (exact) mass is 563 g/mol. The maximum Gasteiger partial charge on any atom is 0.416 e. The number of halogens is 6. The molecule has 0 aliphatic carbocycles. The summed E-state index contributed by atoms with van der Waals surface area (Å²) < 4.78 is 86.3. The van der Waals surface area contributed by atoms with Crippen molar-refractivity contribution < 1.29 is 35.9 Å². The summed E-state index contributed by atoms with van der Waals surface area (Å²) in [6, 6.07) is 10.9. The molecule has 4 aromatic rings. The highest BCUT2D eigenvalue weighted by Gasteiger charge is 2.36. The molecule has 210 valence electrons. The number of hydrogen-bond acceptors (Lipinski definition) is 5. The number of alkyl halides is 6. The van der Waals surface area contributed by atoms with Gasteiger partial charge in [-0.05, 0) is 54.4 Å². The molecule has 40 heavy (non-hydrogen) atoms. The average Bonchev–Trinajstić information content (AvgIpc) is 3.30. The van der Waals surface area contributed by atoms with Gasteiger partial charge in [0, 0.05) is 37.6 Å². The Morgan fingerprint density at radius 2 is 1.70 bits per heavy atom. The van der Waals surface area contributed by atoms with Crippen LogP contribution in [0.5, 0.6) is 5.75 Å². The number of aryl methyl sites for hydroxylation is 1. The van der Waals surface area contributed by atoms with Crippen molar-refractivity contribution in [1.29, 1.82) is 0 Å². The maximum absolute atomic E-state index is 13.1. The zero-order chi connectivity index (χ0) is 29.1. The van der Waals surface area contributed by atoms with Gasteiger partial charge in [0.2, 0.25) is 0 Å². The molecule has 0 saturated heterocycles. The fourth-order valence-corrected chi connectivity index (χ4v) is 3.80. The second kappa shape index (κ2) is 11.3. The molecule has 1 unspecified atom stereocenters. The molecular formula is C27H23F6N5O2. The van der Waals surface area contributed by atoms with Crippen LogP contribution >= 0.6 is 0 Å². The number of carbonyl (C=O) groups excluding carboxylic acids is 1. The minimum Gasteiger partial charge on any atom is -0.486 e. The van der Waals surface area contributed by atoms with E-state index in [4.69, 9.17) is 4.74 Å². The lowest BCUT2D eigenvalue weighted by molar-refractivity contribution is -0.143. The largest absolute Gasteiger partial charge is 0.486 e. The molecule has 13 heteroatoms. The van der Waals surface area contributed by atoms with E-state index in [0.29, 0.717) is 29.3 Å². The van der Waals surface area contributed by atoms with Gasteiger partial charge in [-0.2, -0.15) is 31.4 Å². The van der Waals surface area contributed by atoms with Crippen molar-refractivity contribution in [1.82, 2.24) is 20.1 Å². The van der Waals surface area contributed by atoms with E-state index in [1.165, 1.54) is 12.1 Å². The van der Waals surface area contributed by atoms with Gasteiger partial charge in [-0.3, -0.25) is 9.48 Å². The molecule has 7 nitrogen and oxygen atoms in total. The van der Waals surface area contributed by atoms with E-state index in [2.05, 4.69) is 20.7 Å². The zero-order valence-corrected chi connectivity index (χ0v) is 21.1. The molecule has 1 amide bonds. The summed E-state index contributed by atoms with van der Waals surface area (Å²) in [5.74, 6) is 0.342. The molecule has 0 spiro atoms. The van der Waals surface area contributed by atoms with E-state index in [1.807, 2.05) is 0 Å². The number of ether oxygens (including phenoxy) is 1. The number of anilines is 2. The minimum atomic E-state index is -4.98. The number of hydrogen-bond donors (Lipinski definition) is 2. The van der Waals surface area contributed by atoms with E-state index in [-0.39, 0.29) is 17.2 Å².